The molecular formula is C13H28O4SSi. The first kappa shape index (κ1) is 17.1. The molecule has 0 aromatic carbocycles. The third-order valence-corrected chi connectivity index (χ3v) is 10.6. The van der Waals surface area contributed by atoms with E-state index in [0.717, 1.165) is 19.3 Å². The fourth-order valence-electron chi connectivity index (χ4n) is 1.99. The molecule has 1 rings (SSSR count). The molecule has 0 aromatic rings. The molecule has 1 saturated carbocycles. The van der Waals surface area contributed by atoms with Crippen molar-refractivity contribution in [2.75, 3.05) is 19.5 Å². The SMILES string of the molecule is COS(=O)(=O)CC1(CO[Si](C)(C)C(C)(C)C)CCC1. The van der Waals surface area contributed by atoms with E-state index >= 15 is 0 Å². The van der Waals surface area contributed by atoms with E-state index in [9.17, 15) is 8.42 Å². The lowest BCUT2D eigenvalue weighted by molar-refractivity contribution is 0.0705. The van der Waals surface area contributed by atoms with Crippen LogP contribution in [0.15, 0.2) is 0 Å². The largest absolute Gasteiger partial charge is 0.416 e. The molecule has 19 heavy (non-hydrogen) atoms. The Hall–Kier alpha value is 0.0869. The molecule has 0 atom stereocenters. The summed E-state index contributed by atoms with van der Waals surface area (Å²) in [7, 11) is -3.99. The minimum atomic E-state index is -3.41. The van der Waals surface area contributed by atoms with Gasteiger partial charge in [0, 0.05) is 12.0 Å². The molecule has 0 unspecified atom stereocenters. The van der Waals surface area contributed by atoms with Crippen molar-refractivity contribution in [1.82, 2.24) is 0 Å². The number of hydrogen-bond donors (Lipinski definition) is 0. The van der Waals surface area contributed by atoms with Crippen molar-refractivity contribution in [3.05, 3.63) is 0 Å². The average Bonchev–Trinajstić information content (AvgIpc) is 2.20. The normalized spacial score (nSPS) is 20.1. The lowest BCUT2D eigenvalue weighted by Crippen LogP contribution is -2.48. The predicted molar refractivity (Wildman–Crippen MR) is 80.2 cm³/mol. The highest BCUT2D eigenvalue weighted by Crippen LogP contribution is 2.45. The Bertz CT molecular complexity index is 405. The van der Waals surface area contributed by atoms with Crippen LogP contribution in [-0.2, 0) is 18.7 Å². The van der Waals surface area contributed by atoms with Crippen LogP contribution in [-0.4, -0.2) is 36.2 Å². The molecule has 0 heterocycles. The average molecular weight is 309 g/mol. The number of hydrogen-bond acceptors (Lipinski definition) is 4. The molecule has 1 aliphatic carbocycles. The maximum atomic E-state index is 11.7. The van der Waals surface area contributed by atoms with E-state index in [1.54, 1.807) is 0 Å². The van der Waals surface area contributed by atoms with Crippen molar-refractivity contribution in [2.45, 2.75) is 58.2 Å². The summed E-state index contributed by atoms with van der Waals surface area (Å²) in [5.41, 5.74) is -0.218. The topological polar surface area (TPSA) is 52.6 Å². The summed E-state index contributed by atoms with van der Waals surface area (Å²) in [4.78, 5) is 0. The van der Waals surface area contributed by atoms with Crippen LogP contribution in [0.25, 0.3) is 0 Å². The molecule has 0 amide bonds. The van der Waals surface area contributed by atoms with Crippen molar-refractivity contribution in [1.29, 1.82) is 0 Å². The zero-order valence-electron chi connectivity index (χ0n) is 13.1. The maximum absolute atomic E-state index is 11.7. The van der Waals surface area contributed by atoms with Crippen LogP contribution in [0.2, 0.25) is 18.1 Å². The van der Waals surface area contributed by atoms with Gasteiger partial charge in [0.25, 0.3) is 10.1 Å². The summed E-state index contributed by atoms with van der Waals surface area (Å²) >= 11 is 0. The first-order chi connectivity index (χ1) is 8.43. The smallest absolute Gasteiger partial charge is 0.267 e. The van der Waals surface area contributed by atoms with Gasteiger partial charge in [0.2, 0.25) is 0 Å². The lowest BCUT2D eigenvalue weighted by atomic mass is 9.71. The van der Waals surface area contributed by atoms with Crippen molar-refractivity contribution in [3.8, 4) is 0 Å². The first-order valence-corrected chi connectivity index (χ1v) is 11.3. The molecule has 6 heteroatoms. The van der Waals surface area contributed by atoms with Crippen molar-refractivity contribution < 1.29 is 17.0 Å². The van der Waals surface area contributed by atoms with E-state index < -0.39 is 18.4 Å². The van der Waals surface area contributed by atoms with Crippen molar-refractivity contribution in [3.63, 3.8) is 0 Å². The van der Waals surface area contributed by atoms with Gasteiger partial charge in [0.05, 0.1) is 12.9 Å². The summed E-state index contributed by atoms with van der Waals surface area (Å²) in [5.74, 6) is 0.0884. The molecule has 0 aromatic heterocycles. The van der Waals surface area contributed by atoms with E-state index in [1.165, 1.54) is 7.11 Å². The molecule has 1 fully saturated rings. The summed E-state index contributed by atoms with van der Waals surface area (Å²) in [5, 5.41) is 0.151. The molecule has 4 nitrogen and oxygen atoms in total. The van der Waals surface area contributed by atoms with Crippen LogP contribution in [0.4, 0.5) is 0 Å². The second-order valence-electron chi connectivity index (χ2n) is 7.27. The quantitative estimate of drug-likeness (QED) is 0.559. The van der Waals surface area contributed by atoms with Crippen LogP contribution >= 0.6 is 0 Å². The Kier molecular flexibility index (Phi) is 4.93. The maximum Gasteiger partial charge on any atom is 0.267 e. The van der Waals surface area contributed by atoms with Crippen LogP contribution < -0.4 is 0 Å². The molecule has 0 N–H and O–H groups in total. The zero-order valence-corrected chi connectivity index (χ0v) is 14.9. The van der Waals surface area contributed by atoms with Gasteiger partial charge in [0.1, 0.15) is 0 Å². The highest BCUT2D eigenvalue weighted by molar-refractivity contribution is 7.86. The molecule has 1 aliphatic rings. The standard InChI is InChI=1S/C13H28O4SSi/c1-12(2,3)19(5,6)17-10-13(8-7-9-13)11-18(14,15)16-4/h7-11H2,1-6H3. The first-order valence-electron chi connectivity index (χ1n) is 6.85. The van der Waals surface area contributed by atoms with Crippen molar-refractivity contribution >= 4 is 18.4 Å². The van der Waals surface area contributed by atoms with Crippen LogP contribution in [0.5, 0.6) is 0 Å². The molecule has 0 spiro atoms. The molecule has 0 saturated heterocycles. The van der Waals surface area contributed by atoms with Gasteiger partial charge in [-0.15, -0.1) is 0 Å². The zero-order chi connectivity index (χ0) is 14.9. The molecular weight excluding hydrogens is 280 g/mol. The number of rotatable bonds is 6. The van der Waals surface area contributed by atoms with Gasteiger partial charge >= 0.3 is 0 Å². The van der Waals surface area contributed by atoms with Crippen molar-refractivity contribution in [2.24, 2.45) is 5.41 Å². The minimum Gasteiger partial charge on any atom is -0.416 e. The Morgan fingerprint density at radius 1 is 1.21 bits per heavy atom. The van der Waals surface area contributed by atoms with Crippen LogP contribution in [0.1, 0.15) is 40.0 Å². The van der Waals surface area contributed by atoms with Gasteiger partial charge in [-0.05, 0) is 31.0 Å². The van der Waals surface area contributed by atoms with E-state index in [0.29, 0.717) is 6.61 Å². The predicted octanol–water partition coefficient (Wildman–Crippen LogP) is 3.15. The second kappa shape index (κ2) is 5.46. The highest BCUT2D eigenvalue weighted by Gasteiger charge is 2.45. The molecule has 0 radical (unpaired) electrons. The van der Waals surface area contributed by atoms with Crippen LogP contribution in [0.3, 0.4) is 0 Å². The molecule has 0 bridgehead atoms. The Labute approximate surface area is 119 Å². The van der Waals surface area contributed by atoms with Gasteiger partial charge < -0.3 is 4.43 Å². The third kappa shape index (κ3) is 4.28. The summed E-state index contributed by atoms with van der Waals surface area (Å²) in [6, 6.07) is 0. The van der Waals surface area contributed by atoms with Gasteiger partial charge in [-0.1, -0.05) is 27.2 Å². The van der Waals surface area contributed by atoms with E-state index in [4.69, 9.17) is 4.43 Å². The van der Waals surface area contributed by atoms with E-state index in [1.807, 2.05) is 0 Å². The fourth-order valence-corrected chi connectivity index (χ4v) is 4.33. The van der Waals surface area contributed by atoms with Gasteiger partial charge in [0.15, 0.2) is 8.32 Å². The van der Waals surface area contributed by atoms with E-state index in [2.05, 4.69) is 38.0 Å². The van der Waals surface area contributed by atoms with Gasteiger partial charge in [-0.3, -0.25) is 4.18 Å². The monoisotopic (exact) mass is 308 g/mol. The lowest BCUT2D eigenvalue weighted by Gasteiger charge is -2.45. The summed E-state index contributed by atoms with van der Waals surface area (Å²) in [6.45, 7) is 11.5. The Morgan fingerprint density at radius 2 is 1.74 bits per heavy atom. The molecule has 114 valence electrons. The highest BCUT2D eigenvalue weighted by atomic mass is 32.2. The van der Waals surface area contributed by atoms with Crippen LogP contribution in [0, 0.1) is 5.41 Å². The fraction of sp³-hybridized carbons (Fsp3) is 1.00. The summed E-state index contributed by atoms with van der Waals surface area (Å²) < 4.78 is 34.1. The summed E-state index contributed by atoms with van der Waals surface area (Å²) in [6.07, 6.45) is 2.93. The van der Waals surface area contributed by atoms with E-state index in [-0.39, 0.29) is 16.2 Å². The third-order valence-electron chi connectivity index (χ3n) is 4.70. The van der Waals surface area contributed by atoms with Gasteiger partial charge in [-0.2, -0.15) is 8.42 Å². The Balaban J connectivity index is 2.69. The Morgan fingerprint density at radius 3 is 2.05 bits per heavy atom. The minimum absolute atomic E-state index is 0.0884. The van der Waals surface area contributed by atoms with Gasteiger partial charge in [-0.25, -0.2) is 0 Å². The second-order valence-corrected chi connectivity index (χ2v) is 13.8. The molecule has 0 aliphatic heterocycles.